The van der Waals surface area contributed by atoms with E-state index in [-0.39, 0.29) is 0 Å². The minimum atomic E-state index is 1.14. The summed E-state index contributed by atoms with van der Waals surface area (Å²) in [5.41, 5.74) is 2.82. The summed E-state index contributed by atoms with van der Waals surface area (Å²) in [5, 5.41) is 0. The summed E-state index contributed by atoms with van der Waals surface area (Å²) in [5.74, 6) is 0. The molecule has 0 N–H and O–H groups in total. The first-order chi connectivity index (χ1) is 4.33. The molecule has 0 fully saturated rings. The van der Waals surface area contributed by atoms with Gasteiger partial charge in [-0.3, -0.25) is 0 Å². The molecule has 0 saturated heterocycles. The Bertz CT molecular complexity index is 180. The third-order valence-corrected chi connectivity index (χ3v) is 1.43. The van der Waals surface area contributed by atoms with Crippen molar-refractivity contribution in [2.45, 2.75) is 20.3 Å². The molecule has 0 aromatic carbocycles. The molecule has 0 bridgehead atoms. The van der Waals surface area contributed by atoms with Crippen LogP contribution in [0, 0.1) is 0 Å². The molecule has 0 atom stereocenters. The van der Waals surface area contributed by atoms with Crippen molar-refractivity contribution in [3.05, 3.63) is 35.5 Å². The molecule has 0 heteroatoms. The minimum absolute atomic E-state index is 1.14. The monoisotopic (exact) mass is 120 g/mol. The summed E-state index contributed by atoms with van der Waals surface area (Å²) >= 11 is 0. The first kappa shape index (κ1) is 6.34. The van der Waals surface area contributed by atoms with Gasteiger partial charge in [0.05, 0.1) is 0 Å². The van der Waals surface area contributed by atoms with E-state index in [1.807, 2.05) is 6.92 Å². The molecule has 1 aliphatic carbocycles. The van der Waals surface area contributed by atoms with Crippen molar-refractivity contribution in [3.8, 4) is 0 Å². The van der Waals surface area contributed by atoms with E-state index < -0.39 is 0 Å². The lowest BCUT2D eigenvalue weighted by Crippen LogP contribution is -1.61. The zero-order valence-electron chi connectivity index (χ0n) is 6.02. The van der Waals surface area contributed by atoms with Gasteiger partial charge in [0.15, 0.2) is 0 Å². The van der Waals surface area contributed by atoms with E-state index in [1.54, 1.807) is 0 Å². The summed E-state index contributed by atoms with van der Waals surface area (Å²) < 4.78 is 0. The van der Waals surface area contributed by atoms with Gasteiger partial charge in [0.1, 0.15) is 0 Å². The van der Waals surface area contributed by atoms with Crippen LogP contribution < -0.4 is 0 Å². The molecule has 0 aromatic rings. The molecular formula is C9H12. The van der Waals surface area contributed by atoms with Crippen molar-refractivity contribution in [2.75, 3.05) is 0 Å². The highest BCUT2D eigenvalue weighted by atomic mass is 14.0. The van der Waals surface area contributed by atoms with Crippen LogP contribution in [0.5, 0.6) is 0 Å². The number of hydrogen-bond acceptors (Lipinski definition) is 0. The van der Waals surface area contributed by atoms with Crippen LogP contribution in [0.2, 0.25) is 0 Å². The Labute approximate surface area is 56.6 Å². The number of allylic oxidation sites excluding steroid dienone is 6. The molecule has 1 aliphatic rings. The maximum atomic E-state index is 2.25. The second-order valence-electron chi connectivity index (χ2n) is 2.40. The molecule has 9 heavy (non-hydrogen) atoms. The van der Waals surface area contributed by atoms with Gasteiger partial charge >= 0.3 is 0 Å². The normalized spacial score (nSPS) is 18.4. The number of rotatable bonds is 1. The second-order valence-corrected chi connectivity index (χ2v) is 2.40. The minimum Gasteiger partial charge on any atom is -0.0871 e. The van der Waals surface area contributed by atoms with Crippen molar-refractivity contribution in [1.29, 1.82) is 0 Å². The summed E-state index contributed by atoms with van der Waals surface area (Å²) in [4.78, 5) is 0. The van der Waals surface area contributed by atoms with Crippen LogP contribution >= 0.6 is 0 Å². The standard InChI is InChI=1S/C9H12/c1-3-4-9-6-5-8(2)7-9/h3-4,6-7H,5H2,1-2H3. The van der Waals surface area contributed by atoms with Gasteiger partial charge in [-0.05, 0) is 25.8 Å². The molecule has 0 radical (unpaired) electrons. The third-order valence-electron chi connectivity index (χ3n) is 1.43. The molecule has 0 aliphatic heterocycles. The Morgan fingerprint density at radius 2 is 2.33 bits per heavy atom. The fourth-order valence-corrected chi connectivity index (χ4v) is 0.990. The van der Waals surface area contributed by atoms with Crippen LogP contribution in [0.1, 0.15) is 20.3 Å². The van der Waals surface area contributed by atoms with Gasteiger partial charge in [-0.2, -0.15) is 0 Å². The summed E-state index contributed by atoms with van der Waals surface area (Å²) in [6.45, 7) is 4.20. The van der Waals surface area contributed by atoms with E-state index >= 15 is 0 Å². The molecule has 0 unspecified atom stereocenters. The maximum absolute atomic E-state index is 2.25. The van der Waals surface area contributed by atoms with Gasteiger partial charge in [0, 0.05) is 0 Å². The van der Waals surface area contributed by atoms with Gasteiger partial charge < -0.3 is 0 Å². The average Bonchev–Trinajstić information content (AvgIpc) is 2.17. The molecule has 1 rings (SSSR count). The quantitative estimate of drug-likeness (QED) is 0.499. The van der Waals surface area contributed by atoms with Crippen LogP contribution in [0.25, 0.3) is 0 Å². The van der Waals surface area contributed by atoms with Crippen molar-refractivity contribution >= 4 is 0 Å². The Morgan fingerprint density at radius 1 is 1.56 bits per heavy atom. The van der Waals surface area contributed by atoms with Crippen LogP contribution in [-0.2, 0) is 0 Å². The molecule has 48 valence electrons. The molecule has 0 saturated carbocycles. The maximum Gasteiger partial charge on any atom is -0.0129 e. The largest absolute Gasteiger partial charge is 0.0871 e. The van der Waals surface area contributed by atoms with Crippen LogP contribution in [0.15, 0.2) is 35.5 Å². The third kappa shape index (κ3) is 1.56. The van der Waals surface area contributed by atoms with Gasteiger partial charge in [0.2, 0.25) is 0 Å². The first-order valence-corrected chi connectivity index (χ1v) is 3.33. The lowest BCUT2D eigenvalue weighted by molar-refractivity contribution is 1.25. The highest BCUT2D eigenvalue weighted by Crippen LogP contribution is 2.16. The predicted molar refractivity (Wildman–Crippen MR) is 41.3 cm³/mol. The lowest BCUT2D eigenvalue weighted by atomic mass is 10.2. The fourth-order valence-electron chi connectivity index (χ4n) is 0.990. The Morgan fingerprint density at radius 3 is 2.78 bits per heavy atom. The predicted octanol–water partition coefficient (Wildman–Crippen LogP) is 2.84. The highest BCUT2D eigenvalue weighted by molar-refractivity contribution is 5.38. The van der Waals surface area contributed by atoms with Crippen LogP contribution in [0.4, 0.5) is 0 Å². The zero-order chi connectivity index (χ0) is 6.69. The van der Waals surface area contributed by atoms with Crippen molar-refractivity contribution in [2.24, 2.45) is 0 Å². The zero-order valence-corrected chi connectivity index (χ0v) is 6.02. The Hall–Kier alpha value is -0.780. The molecule has 0 heterocycles. The summed E-state index contributed by atoms with van der Waals surface area (Å²) in [6.07, 6.45) is 9.81. The SMILES string of the molecule is CC=CC1=CCC(C)=C1. The van der Waals surface area contributed by atoms with E-state index in [1.165, 1.54) is 11.1 Å². The van der Waals surface area contributed by atoms with E-state index in [9.17, 15) is 0 Å². The summed E-state index contributed by atoms with van der Waals surface area (Å²) in [7, 11) is 0. The van der Waals surface area contributed by atoms with E-state index in [0.717, 1.165) is 6.42 Å². The van der Waals surface area contributed by atoms with E-state index in [4.69, 9.17) is 0 Å². The molecule has 0 nitrogen and oxygen atoms in total. The average molecular weight is 120 g/mol. The van der Waals surface area contributed by atoms with Crippen molar-refractivity contribution in [1.82, 2.24) is 0 Å². The topological polar surface area (TPSA) is 0 Å². The first-order valence-electron chi connectivity index (χ1n) is 3.33. The van der Waals surface area contributed by atoms with Crippen molar-refractivity contribution in [3.63, 3.8) is 0 Å². The number of hydrogen-bond donors (Lipinski definition) is 0. The van der Waals surface area contributed by atoms with Crippen LogP contribution in [0.3, 0.4) is 0 Å². The van der Waals surface area contributed by atoms with Gasteiger partial charge in [-0.1, -0.05) is 29.9 Å². The van der Waals surface area contributed by atoms with E-state index in [2.05, 4.69) is 31.2 Å². The Balaban J connectivity index is 2.64. The second kappa shape index (κ2) is 2.67. The van der Waals surface area contributed by atoms with Gasteiger partial charge in [0.25, 0.3) is 0 Å². The molecular weight excluding hydrogens is 108 g/mol. The molecule has 0 spiro atoms. The molecule has 0 amide bonds. The molecule has 0 aromatic heterocycles. The summed E-state index contributed by atoms with van der Waals surface area (Å²) in [6, 6.07) is 0. The van der Waals surface area contributed by atoms with Crippen molar-refractivity contribution < 1.29 is 0 Å². The fraction of sp³-hybridized carbons (Fsp3) is 0.333. The van der Waals surface area contributed by atoms with Crippen LogP contribution in [-0.4, -0.2) is 0 Å². The van der Waals surface area contributed by atoms with Gasteiger partial charge in [-0.15, -0.1) is 0 Å². The lowest BCUT2D eigenvalue weighted by Gasteiger charge is -1.82. The van der Waals surface area contributed by atoms with E-state index in [0.29, 0.717) is 0 Å². The smallest absolute Gasteiger partial charge is 0.0129 e. The Kier molecular flexibility index (Phi) is 1.88. The van der Waals surface area contributed by atoms with Gasteiger partial charge in [-0.25, -0.2) is 0 Å². The highest BCUT2D eigenvalue weighted by Gasteiger charge is 1.96.